The van der Waals surface area contributed by atoms with Crippen molar-refractivity contribution in [3.8, 4) is 23.0 Å². The molecule has 0 bridgehead atoms. The summed E-state index contributed by atoms with van der Waals surface area (Å²) in [4.78, 5) is 22.6. The second-order valence-electron chi connectivity index (χ2n) is 8.63. The zero-order valence-corrected chi connectivity index (χ0v) is 17.7. The number of aromatic hydroxyl groups is 2. The molecule has 0 aliphatic carbocycles. The van der Waals surface area contributed by atoms with E-state index in [0.717, 1.165) is 0 Å². The first-order valence-electron chi connectivity index (χ1n) is 9.95. The number of phenolic OH excluding ortho intramolecular Hbond substituents is 2. The van der Waals surface area contributed by atoms with Crippen molar-refractivity contribution in [2.75, 3.05) is 0 Å². The minimum Gasteiger partial charge on any atom is -0.508 e. The Hall–Kier alpha value is -4.00. The first-order chi connectivity index (χ1) is 15.0. The van der Waals surface area contributed by atoms with E-state index in [0.29, 0.717) is 33.8 Å². The molecule has 0 fully saturated rings. The highest BCUT2D eigenvalue weighted by molar-refractivity contribution is 5.97. The van der Waals surface area contributed by atoms with E-state index in [9.17, 15) is 19.8 Å². The van der Waals surface area contributed by atoms with E-state index in [2.05, 4.69) is 0 Å². The monoisotopic (exact) mass is 434 g/mol. The first kappa shape index (κ1) is 21.2. The lowest BCUT2D eigenvalue weighted by atomic mass is 9.77. The molecule has 0 aromatic heterocycles. The SMILES string of the molecule is CC(C)(C)C(=O)O.O=C1OC2(c3ccc(O)cc3Oc3cc(O)ccc32)c2ccccc21. The standard InChI is InChI=1S/C20H12O5.C5H10O2/c21-11-5-7-15-17(9-11)24-18-10-12(22)6-8-16(18)20(15)14-4-2-1-3-13(14)19(23)25-20;1-5(2,3)4(6)7/h1-10,21-22H;1-3H3,(H,6,7). The van der Waals surface area contributed by atoms with Crippen molar-refractivity contribution in [2.24, 2.45) is 5.41 Å². The molecule has 3 aromatic carbocycles. The second kappa shape index (κ2) is 7.30. The summed E-state index contributed by atoms with van der Waals surface area (Å²) in [7, 11) is 0. The minimum atomic E-state index is -1.17. The summed E-state index contributed by atoms with van der Waals surface area (Å²) in [6.07, 6.45) is 0. The molecule has 1 spiro atoms. The maximum Gasteiger partial charge on any atom is 0.340 e. The summed E-state index contributed by atoms with van der Waals surface area (Å²) in [6, 6.07) is 16.6. The van der Waals surface area contributed by atoms with Crippen LogP contribution < -0.4 is 4.74 Å². The Kier molecular flexibility index (Phi) is 4.85. The lowest BCUT2D eigenvalue weighted by molar-refractivity contribution is -0.145. The summed E-state index contributed by atoms with van der Waals surface area (Å²) in [5.41, 5.74) is 0.700. The van der Waals surface area contributed by atoms with Gasteiger partial charge in [0.25, 0.3) is 0 Å². The van der Waals surface area contributed by atoms with Crippen LogP contribution in [0, 0.1) is 5.41 Å². The third-order valence-electron chi connectivity index (χ3n) is 5.32. The average molecular weight is 434 g/mol. The fraction of sp³-hybridized carbons (Fsp3) is 0.200. The van der Waals surface area contributed by atoms with Crippen molar-refractivity contribution in [1.29, 1.82) is 0 Å². The molecule has 3 N–H and O–H groups in total. The zero-order valence-electron chi connectivity index (χ0n) is 17.7. The van der Waals surface area contributed by atoms with Crippen LogP contribution in [-0.2, 0) is 15.1 Å². The highest BCUT2D eigenvalue weighted by Crippen LogP contribution is 2.56. The number of benzene rings is 3. The summed E-state index contributed by atoms with van der Waals surface area (Å²) in [6.45, 7) is 4.99. The number of carboxylic acids is 1. The molecule has 2 heterocycles. The first-order valence-corrected chi connectivity index (χ1v) is 9.95. The van der Waals surface area contributed by atoms with Gasteiger partial charge in [0.15, 0.2) is 5.60 Å². The van der Waals surface area contributed by atoms with E-state index >= 15 is 0 Å². The lowest BCUT2D eigenvalue weighted by Crippen LogP contribution is -2.32. The summed E-state index contributed by atoms with van der Waals surface area (Å²) >= 11 is 0. The quantitative estimate of drug-likeness (QED) is 0.436. The number of carboxylic acid groups (broad SMARTS) is 1. The Morgan fingerprint density at radius 3 is 1.84 bits per heavy atom. The molecule has 7 heteroatoms. The van der Waals surface area contributed by atoms with Gasteiger partial charge in [0, 0.05) is 28.8 Å². The van der Waals surface area contributed by atoms with E-state index < -0.39 is 23.0 Å². The van der Waals surface area contributed by atoms with Crippen LogP contribution >= 0.6 is 0 Å². The number of hydrogen-bond acceptors (Lipinski definition) is 6. The molecule has 0 saturated carbocycles. The average Bonchev–Trinajstić information content (AvgIpc) is 3.01. The highest BCUT2D eigenvalue weighted by atomic mass is 16.6. The fourth-order valence-corrected chi connectivity index (χ4v) is 3.65. The van der Waals surface area contributed by atoms with Crippen molar-refractivity contribution in [3.05, 3.63) is 82.9 Å². The molecule has 7 nitrogen and oxygen atoms in total. The van der Waals surface area contributed by atoms with Gasteiger partial charge < -0.3 is 24.8 Å². The molecule has 0 unspecified atom stereocenters. The number of phenols is 2. The number of esters is 1. The Balaban J connectivity index is 0.000000307. The van der Waals surface area contributed by atoms with Crippen molar-refractivity contribution in [1.82, 2.24) is 0 Å². The zero-order chi connectivity index (χ0) is 23.3. The van der Waals surface area contributed by atoms with E-state index in [-0.39, 0.29) is 11.5 Å². The lowest BCUT2D eigenvalue weighted by Gasteiger charge is -2.36. The van der Waals surface area contributed by atoms with Gasteiger partial charge in [-0.2, -0.15) is 0 Å². The Bertz CT molecular complexity index is 1190. The maximum atomic E-state index is 12.5. The van der Waals surface area contributed by atoms with E-state index in [1.807, 2.05) is 12.1 Å². The largest absolute Gasteiger partial charge is 0.508 e. The molecule has 2 aliphatic heterocycles. The van der Waals surface area contributed by atoms with E-state index in [1.54, 1.807) is 45.0 Å². The van der Waals surface area contributed by atoms with Crippen LogP contribution in [0.1, 0.15) is 47.8 Å². The molecule has 0 saturated heterocycles. The van der Waals surface area contributed by atoms with Crippen molar-refractivity contribution < 1.29 is 34.4 Å². The van der Waals surface area contributed by atoms with Gasteiger partial charge in [-0.05, 0) is 51.1 Å². The van der Waals surface area contributed by atoms with Gasteiger partial charge in [-0.1, -0.05) is 18.2 Å². The smallest absolute Gasteiger partial charge is 0.340 e. The summed E-state index contributed by atoms with van der Waals surface area (Å²) in [5.74, 6) is -0.349. The van der Waals surface area contributed by atoms with Gasteiger partial charge in [0.1, 0.15) is 23.0 Å². The van der Waals surface area contributed by atoms with Gasteiger partial charge in [-0.15, -0.1) is 0 Å². The van der Waals surface area contributed by atoms with Gasteiger partial charge >= 0.3 is 11.9 Å². The molecule has 32 heavy (non-hydrogen) atoms. The third kappa shape index (κ3) is 3.32. The van der Waals surface area contributed by atoms with Crippen LogP contribution in [0.3, 0.4) is 0 Å². The van der Waals surface area contributed by atoms with Crippen LogP contribution in [0.25, 0.3) is 0 Å². The van der Waals surface area contributed by atoms with Crippen LogP contribution in [0.4, 0.5) is 0 Å². The molecule has 0 radical (unpaired) electrons. The number of carbonyl (C=O) groups excluding carboxylic acids is 1. The number of hydrogen-bond donors (Lipinski definition) is 3. The molecule has 164 valence electrons. The minimum absolute atomic E-state index is 0.0371. The number of rotatable bonds is 0. The van der Waals surface area contributed by atoms with E-state index in [1.165, 1.54) is 24.3 Å². The third-order valence-corrected chi connectivity index (χ3v) is 5.32. The van der Waals surface area contributed by atoms with Crippen LogP contribution in [-0.4, -0.2) is 27.3 Å². The number of carbonyl (C=O) groups is 2. The molecule has 0 atom stereocenters. The van der Waals surface area contributed by atoms with Gasteiger partial charge in [0.05, 0.1) is 11.0 Å². The van der Waals surface area contributed by atoms with Gasteiger partial charge in [-0.25, -0.2) is 4.79 Å². The predicted molar refractivity (Wildman–Crippen MR) is 115 cm³/mol. The predicted octanol–water partition coefficient (Wildman–Crippen LogP) is 4.78. The van der Waals surface area contributed by atoms with Crippen LogP contribution in [0.15, 0.2) is 60.7 Å². The normalized spacial score (nSPS) is 14.8. The van der Waals surface area contributed by atoms with Crippen LogP contribution in [0.2, 0.25) is 0 Å². The second-order valence-corrected chi connectivity index (χ2v) is 8.63. The molecule has 3 aromatic rings. The van der Waals surface area contributed by atoms with Crippen molar-refractivity contribution in [3.63, 3.8) is 0 Å². The van der Waals surface area contributed by atoms with Gasteiger partial charge in [0.2, 0.25) is 0 Å². The topological polar surface area (TPSA) is 113 Å². The molecular formula is C25H22O7. The maximum absolute atomic E-state index is 12.5. The van der Waals surface area contributed by atoms with Crippen molar-refractivity contribution in [2.45, 2.75) is 26.4 Å². The van der Waals surface area contributed by atoms with Crippen molar-refractivity contribution >= 4 is 11.9 Å². The number of fused-ring (bicyclic) bond motifs is 6. The highest BCUT2D eigenvalue weighted by Gasteiger charge is 2.53. The Morgan fingerprint density at radius 1 is 0.844 bits per heavy atom. The molecular weight excluding hydrogens is 412 g/mol. The van der Waals surface area contributed by atoms with E-state index in [4.69, 9.17) is 14.6 Å². The number of ether oxygens (including phenoxy) is 2. The molecule has 2 aliphatic rings. The molecule has 0 amide bonds. The van der Waals surface area contributed by atoms with Gasteiger partial charge in [-0.3, -0.25) is 4.79 Å². The fourth-order valence-electron chi connectivity index (χ4n) is 3.65. The van der Waals surface area contributed by atoms with Crippen LogP contribution in [0.5, 0.6) is 23.0 Å². The Morgan fingerprint density at radius 2 is 1.34 bits per heavy atom. The summed E-state index contributed by atoms with van der Waals surface area (Å²) in [5, 5.41) is 27.9. The number of aliphatic carboxylic acids is 1. The summed E-state index contributed by atoms with van der Waals surface area (Å²) < 4.78 is 11.8. The molecule has 5 rings (SSSR count). The Labute approximate surface area is 184 Å².